The maximum Gasteiger partial charge on any atom is 2.00 e. The zero-order valence-corrected chi connectivity index (χ0v) is 16.2. The Kier molecular flexibility index (Phi) is 61.6. The Morgan fingerprint density at radius 1 is 1.28 bits per heavy atom. The van der Waals surface area contributed by atoms with Gasteiger partial charge in [0.05, 0.1) is 7.11 Å². The molecule has 1 rings (SSSR count). The van der Waals surface area contributed by atoms with E-state index in [1.807, 2.05) is 12.2 Å². The Balaban J connectivity index is -0.0000000272. The Bertz CT molecular complexity index is 188. The van der Waals surface area contributed by atoms with Crippen LogP contribution in [0.1, 0.15) is 6.42 Å². The molecule has 0 bridgehead atoms. The van der Waals surface area contributed by atoms with Crippen molar-refractivity contribution >= 4 is 52.0 Å². The molecule has 0 N–H and O–H groups in total. The number of carbonyl (C=O) groups is 1. The second-order valence-corrected chi connectivity index (χ2v) is 6.08. The summed E-state index contributed by atoms with van der Waals surface area (Å²) in [6.07, 6.45) is 10.0. The molecule has 0 aromatic rings. The molecule has 2 nitrogen and oxygen atoms in total. The van der Waals surface area contributed by atoms with Crippen LogP contribution < -0.4 is 0 Å². The smallest absolute Gasteiger partial charge is 0.492 e. The molecular weight excluding hydrogens is 346 g/mol. The fourth-order valence-corrected chi connectivity index (χ4v) is 0.340. The molecule has 0 atom stereocenters. The van der Waals surface area contributed by atoms with Crippen LogP contribution in [0.5, 0.6) is 0 Å². The second kappa shape index (κ2) is 30.6. The number of halogens is 3. The third-order valence-corrected chi connectivity index (χ3v) is 0.814. The SMILES string of the molecule is C[Si](C)C.Cl.Cl.Cl.[C-]1=CC=CC1.[CH2-]C(=O)OC.[Ti+2]. The number of rotatable bonds is 0. The van der Waals surface area contributed by atoms with Crippen molar-refractivity contribution in [1.29, 1.82) is 0 Å². The Labute approximate surface area is 147 Å². The number of methoxy groups -OCH3 is 1. The standard InChI is InChI=1S/C5H5.C3H5O2.C3H9Si.3ClH.Ti/c1-2-4-5-3-1;1-3(4)5-2;1-4(2)3;;;;/h1-3H,4H2;1H2,2H3;1-3H3;3*1H;/q2*-1;;;;;+2. The van der Waals surface area contributed by atoms with E-state index in [0.717, 1.165) is 6.42 Å². The molecule has 0 heterocycles. The number of ether oxygens (including phenoxy) is 1. The summed E-state index contributed by atoms with van der Waals surface area (Å²) in [4.78, 5) is 9.48. The van der Waals surface area contributed by atoms with Crippen molar-refractivity contribution in [2.45, 2.75) is 26.1 Å². The topological polar surface area (TPSA) is 26.3 Å². The minimum absolute atomic E-state index is 0. The summed E-state index contributed by atoms with van der Waals surface area (Å²) >= 11 is 0. The van der Waals surface area contributed by atoms with Crippen molar-refractivity contribution in [3.8, 4) is 0 Å². The quantitative estimate of drug-likeness (QED) is 0.368. The summed E-state index contributed by atoms with van der Waals surface area (Å²) < 4.78 is 4.00. The van der Waals surface area contributed by atoms with Crippen LogP contribution in [0.3, 0.4) is 0 Å². The van der Waals surface area contributed by atoms with Gasteiger partial charge in [-0.25, -0.2) is 12.2 Å². The summed E-state index contributed by atoms with van der Waals surface area (Å²) in [7, 11) is 1.41. The van der Waals surface area contributed by atoms with E-state index in [1.54, 1.807) is 0 Å². The second-order valence-electron chi connectivity index (χ2n) is 3.08. The minimum atomic E-state index is -0.495. The molecule has 1 aliphatic rings. The van der Waals surface area contributed by atoms with Gasteiger partial charge >= 0.3 is 21.7 Å². The normalized spacial score (nSPS) is 8.72. The monoisotopic (exact) mass is 367 g/mol. The molecule has 0 saturated heterocycles. The largest absolute Gasteiger partial charge is 2.00 e. The first-order valence-corrected chi connectivity index (χ1v) is 7.39. The molecule has 0 fully saturated rings. The average molecular weight is 369 g/mol. The molecule has 18 heavy (non-hydrogen) atoms. The summed E-state index contributed by atoms with van der Waals surface area (Å²) in [6.45, 7) is 9.70. The summed E-state index contributed by atoms with van der Waals surface area (Å²) in [5.41, 5.74) is 0. The molecule has 0 aliphatic heterocycles. The third-order valence-electron chi connectivity index (χ3n) is 0.814. The van der Waals surface area contributed by atoms with Gasteiger partial charge < -0.3 is 4.74 Å². The molecule has 1 radical (unpaired) electrons. The van der Waals surface area contributed by atoms with Gasteiger partial charge in [0.2, 0.25) is 0 Å². The number of esters is 1. The van der Waals surface area contributed by atoms with Crippen LogP contribution in [0.4, 0.5) is 0 Å². The van der Waals surface area contributed by atoms with E-state index in [1.165, 1.54) is 7.11 Å². The van der Waals surface area contributed by atoms with E-state index in [-0.39, 0.29) is 67.7 Å². The third kappa shape index (κ3) is 69.8. The van der Waals surface area contributed by atoms with Gasteiger partial charge in [0, 0.05) is 8.80 Å². The predicted molar refractivity (Wildman–Crippen MR) is 84.0 cm³/mol. The predicted octanol–water partition coefficient (Wildman–Crippen LogP) is 3.93. The molecule has 0 spiro atoms. The fourth-order valence-electron chi connectivity index (χ4n) is 0.340. The number of allylic oxidation sites excluding steroid dienone is 4. The Hall–Kier alpha value is 0.621. The molecule has 7 heteroatoms. The van der Waals surface area contributed by atoms with Crippen molar-refractivity contribution in [2.75, 3.05) is 7.11 Å². The van der Waals surface area contributed by atoms with E-state index in [0.29, 0.717) is 0 Å². The molecular formula is C11H22Cl3O2SiTi. The van der Waals surface area contributed by atoms with Crippen molar-refractivity contribution in [3.63, 3.8) is 0 Å². The maximum absolute atomic E-state index is 9.48. The van der Waals surface area contributed by atoms with Crippen LogP contribution in [0.15, 0.2) is 18.2 Å². The molecule has 0 saturated carbocycles. The van der Waals surface area contributed by atoms with Gasteiger partial charge in [-0.1, -0.05) is 19.6 Å². The van der Waals surface area contributed by atoms with E-state index < -0.39 is 5.97 Å². The first-order chi connectivity index (χ1) is 6.50. The van der Waals surface area contributed by atoms with Gasteiger partial charge in [0.15, 0.2) is 5.97 Å². The van der Waals surface area contributed by atoms with Gasteiger partial charge in [-0.15, -0.1) is 43.6 Å². The van der Waals surface area contributed by atoms with Crippen LogP contribution in [-0.2, 0) is 31.2 Å². The van der Waals surface area contributed by atoms with Gasteiger partial charge in [-0.05, 0) is 0 Å². The van der Waals surface area contributed by atoms with Crippen LogP contribution in [-0.4, -0.2) is 21.9 Å². The van der Waals surface area contributed by atoms with Crippen molar-refractivity contribution in [3.05, 3.63) is 31.2 Å². The molecule has 107 valence electrons. The van der Waals surface area contributed by atoms with Gasteiger partial charge in [-0.2, -0.15) is 6.08 Å². The van der Waals surface area contributed by atoms with E-state index in [2.05, 4.69) is 43.5 Å². The fraction of sp³-hybridized carbons (Fsp3) is 0.455. The van der Waals surface area contributed by atoms with Crippen LogP contribution in [0, 0.1) is 13.0 Å². The average Bonchev–Trinajstić information content (AvgIpc) is 2.59. The molecule has 1 aliphatic carbocycles. The van der Waals surface area contributed by atoms with E-state index >= 15 is 0 Å². The summed E-state index contributed by atoms with van der Waals surface area (Å²) in [6, 6.07) is 0. The Morgan fingerprint density at radius 3 is 1.67 bits per heavy atom. The van der Waals surface area contributed by atoms with Crippen LogP contribution in [0.25, 0.3) is 0 Å². The Morgan fingerprint density at radius 2 is 1.61 bits per heavy atom. The summed E-state index contributed by atoms with van der Waals surface area (Å²) in [5.74, 6) is -0.495. The minimum Gasteiger partial charge on any atom is -0.492 e. The zero-order valence-electron chi connectivity index (χ0n) is 11.2. The van der Waals surface area contributed by atoms with Crippen LogP contribution >= 0.6 is 37.2 Å². The maximum atomic E-state index is 9.48. The molecule has 0 amide bonds. The van der Waals surface area contributed by atoms with Gasteiger partial charge in [0.1, 0.15) is 0 Å². The molecule has 0 unspecified atom stereocenters. The number of hydrogen-bond acceptors (Lipinski definition) is 2. The van der Waals surface area contributed by atoms with Crippen molar-refractivity contribution < 1.29 is 31.2 Å². The summed E-state index contributed by atoms with van der Waals surface area (Å²) in [5, 5.41) is 0. The van der Waals surface area contributed by atoms with E-state index in [4.69, 9.17) is 0 Å². The molecule has 0 aromatic heterocycles. The van der Waals surface area contributed by atoms with Crippen molar-refractivity contribution in [2.24, 2.45) is 0 Å². The number of carbonyl (C=O) groups excluding carboxylic acids is 1. The van der Waals surface area contributed by atoms with Gasteiger partial charge in [-0.3, -0.25) is 17.8 Å². The molecule has 0 aromatic carbocycles. The number of hydrogen-bond donors (Lipinski definition) is 0. The van der Waals surface area contributed by atoms with E-state index in [9.17, 15) is 4.79 Å². The first kappa shape index (κ1) is 36.3. The van der Waals surface area contributed by atoms with Crippen molar-refractivity contribution in [1.82, 2.24) is 0 Å². The zero-order chi connectivity index (χ0) is 11.4. The van der Waals surface area contributed by atoms with Crippen LogP contribution in [0.2, 0.25) is 19.6 Å². The first-order valence-electron chi connectivity index (χ1n) is 4.39. The van der Waals surface area contributed by atoms with Gasteiger partial charge in [0.25, 0.3) is 0 Å².